The Balaban J connectivity index is 3.58. The average Bonchev–Trinajstić information content (AvgIpc) is 1.87. The van der Waals surface area contributed by atoms with E-state index in [4.69, 9.17) is 0 Å². The molecule has 0 bridgehead atoms. The predicted octanol–water partition coefficient (Wildman–Crippen LogP) is 0.967. The van der Waals surface area contributed by atoms with E-state index in [0.29, 0.717) is 18.3 Å². The Kier molecular flexibility index (Phi) is 3.60. The van der Waals surface area contributed by atoms with E-state index in [1.807, 2.05) is 0 Å². The summed E-state index contributed by atoms with van der Waals surface area (Å²) in [7, 11) is 0. The number of hydrogen-bond donors (Lipinski definition) is 0. The largest absolute Gasteiger partial charge is 0.303 e. The van der Waals surface area contributed by atoms with Gasteiger partial charge in [-0.15, -0.1) is 0 Å². The Morgan fingerprint density at radius 1 is 1.67 bits per heavy atom. The van der Waals surface area contributed by atoms with Crippen molar-refractivity contribution in [1.29, 1.82) is 0 Å². The molecule has 0 aromatic rings. The molecule has 0 amide bonds. The normalized spacial score (nSPS) is 12.1. The number of allylic oxidation sites excluding steroid dienone is 1. The lowest BCUT2D eigenvalue weighted by Crippen LogP contribution is -1.97. The monoisotopic (exact) mass is 126 g/mol. The molecule has 2 nitrogen and oxygen atoms in total. The van der Waals surface area contributed by atoms with Crippen LogP contribution < -0.4 is 0 Å². The van der Waals surface area contributed by atoms with Crippen LogP contribution in [0.3, 0.4) is 0 Å². The Morgan fingerprint density at radius 3 is 2.56 bits per heavy atom. The molecule has 0 spiro atoms. The molecule has 0 saturated carbocycles. The van der Waals surface area contributed by atoms with Crippen LogP contribution in [0.4, 0.5) is 0 Å². The van der Waals surface area contributed by atoms with Gasteiger partial charge in [0.2, 0.25) is 0 Å². The van der Waals surface area contributed by atoms with Gasteiger partial charge in [0.05, 0.1) is 0 Å². The second kappa shape index (κ2) is 4.01. The van der Waals surface area contributed by atoms with Crippen LogP contribution in [-0.2, 0) is 9.59 Å². The highest BCUT2D eigenvalue weighted by molar-refractivity contribution is 5.73. The zero-order valence-corrected chi connectivity index (χ0v) is 5.46. The van der Waals surface area contributed by atoms with Crippen LogP contribution >= 0.6 is 0 Å². The van der Waals surface area contributed by atoms with Crippen molar-refractivity contribution in [3.8, 4) is 0 Å². The summed E-state index contributed by atoms with van der Waals surface area (Å²) in [5.74, 6) is -0.0808. The molecule has 0 saturated heterocycles. The predicted molar refractivity (Wildman–Crippen MR) is 35.0 cm³/mol. The van der Waals surface area contributed by atoms with E-state index < -0.39 is 0 Å². The maximum Gasteiger partial charge on any atom is 0.145 e. The molecule has 1 atom stereocenters. The quantitative estimate of drug-likeness (QED) is 0.415. The highest BCUT2D eigenvalue weighted by atomic mass is 16.1. The fourth-order valence-electron chi connectivity index (χ4n) is 0.510. The Labute approximate surface area is 54.6 Å². The summed E-state index contributed by atoms with van der Waals surface area (Å²) in [6.45, 7) is 5.19. The highest BCUT2D eigenvalue weighted by Gasteiger charge is 1.99. The topological polar surface area (TPSA) is 34.1 Å². The fraction of sp³-hybridized carbons (Fsp3) is 0.429. The summed E-state index contributed by atoms with van der Waals surface area (Å²) < 4.78 is 0. The average molecular weight is 126 g/mol. The number of aldehydes is 2. The zero-order valence-electron chi connectivity index (χ0n) is 5.46. The number of hydrogen-bond acceptors (Lipinski definition) is 2. The molecule has 0 fully saturated rings. The van der Waals surface area contributed by atoms with Gasteiger partial charge in [-0.25, -0.2) is 0 Å². The van der Waals surface area contributed by atoms with Crippen molar-refractivity contribution in [1.82, 2.24) is 0 Å². The first-order valence-electron chi connectivity index (χ1n) is 2.79. The minimum absolute atomic E-state index is 0.0808. The molecule has 0 aromatic heterocycles. The molecular weight excluding hydrogens is 116 g/mol. The number of carbonyl (C=O) groups excluding carboxylic acids is 2. The van der Waals surface area contributed by atoms with Crippen LogP contribution in [0.5, 0.6) is 0 Å². The number of rotatable bonds is 4. The second-order valence-electron chi connectivity index (χ2n) is 2.09. The van der Waals surface area contributed by atoms with Gasteiger partial charge in [-0.1, -0.05) is 13.5 Å². The molecule has 0 N–H and O–H groups in total. The van der Waals surface area contributed by atoms with Gasteiger partial charge in [-0.3, -0.25) is 4.79 Å². The zero-order chi connectivity index (χ0) is 7.28. The van der Waals surface area contributed by atoms with E-state index in [1.54, 1.807) is 6.92 Å². The van der Waals surface area contributed by atoms with Crippen molar-refractivity contribution in [2.75, 3.05) is 0 Å². The lowest BCUT2D eigenvalue weighted by Gasteiger charge is -1.98. The molecule has 2 heteroatoms. The van der Waals surface area contributed by atoms with Gasteiger partial charge < -0.3 is 4.79 Å². The Hall–Kier alpha value is -0.920. The third-order valence-corrected chi connectivity index (χ3v) is 0.983. The van der Waals surface area contributed by atoms with Gasteiger partial charge in [0.1, 0.15) is 12.6 Å². The summed E-state index contributed by atoms with van der Waals surface area (Å²) in [4.78, 5) is 19.9. The second-order valence-corrected chi connectivity index (χ2v) is 2.09. The first kappa shape index (κ1) is 8.08. The first-order chi connectivity index (χ1) is 4.20. The van der Waals surface area contributed by atoms with Gasteiger partial charge in [0.15, 0.2) is 0 Å². The van der Waals surface area contributed by atoms with Gasteiger partial charge in [0.25, 0.3) is 0 Å². The fourth-order valence-corrected chi connectivity index (χ4v) is 0.510. The summed E-state index contributed by atoms with van der Waals surface area (Å²) in [5, 5.41) is 0. The van der Waals surface area contributed by atoms with Crippen LogP contribution in [-0.4, -0.2) is 12.6 Å². The summed E-state index contributed by atoms with van der Waals surface area (Å²) in [5.41, 5.74) is 0.481. The maximum atomic E-state index is 10.00. The van der Waals surface area contributed by atoms with Crippen molar-refractivity contribution in [2.45, 2.75) is 13.3 Å². The Bertz CT molecular complexity index is 127. The molecule has 0 rings (SSSR count). The summed E-state index contributed by atoms with van der Waals surface area (Å²) >= 11 is 0. The molecule has 0 aliphatic rings. The van der Waals surface area contributed by atoms with Gasteiger partial charge in [-0.05, 0) is 12.0 Å². The highest BCUT2D eigenvalue weighted by Crippen LogP contribution is 2.03. The summed E-state index contributed by atoms with van der Waals surface area (Å²) in [6.07, 6.45) is 1.97. The third kappa shape index (κ3) is 3.64. The van der Waals surface area contributed by atoms with E-state index in [2.05, 4.69) is 6.58 Å². The van der Waals surface area contributed by atoms with Crippen LogP contribution in [0.15, 0.2) is 12.2 Å². The number of carbonyl (C=O) groups is 2. The molecule has 1 unspecified atom stereocenters. The first-order valence-corrected chi connectivity index (χ1v) is 2.79. The van der Waals surface area contributed by atoms with E-state index in [1.165, 1.54) is 0 Å². The maximum absolute atomic E-state index is 10.00. The van der Waals surface area contributed by atoms with Crippen LogP contribution in [0, 0.1) is 5.92 Å². The molecule has 50 valence electrons. The molecule has 0 heterocycles. The van der Waals surface area contributed by atoms with Gasteiger partial charge >= 0.3 is 0 Å². The minimum atomic E-state index is -0.0808. The lowest BCUT2D eigenvalue weighted by atomic mass is 10.1. The lowest BCUT2D eigenvalue weighted by molar-refractivity contribution is -0.110. The van der Waals surface area contributed by atoms with Crippen molar-refractivity contribution in [3.05, 3.63) is 12.2 Å². The van der Waals surface area contributed by atoms with Crippen LogP contribution in [0.25, 0.3) is 0 Å². The Morgan fingerprint density at radius 2 is 2.22 bits per heavy atom. The SMILES string of the molecule is C=C(C=O)CC(C)C=O. The molecule has 0 aliphatic carbocycles. The molecule has 9 heavy (non-hydrogen) atoms. The van der Waals surface area contributed by atoms with E-state index in [9.17, 15) is 9.59 Å². The minimum Gasteiger partial charge on any atom is -0.303 e. The molecule has 0 radical (unpaired) electrons. The molecule has 0 aromatic carbocycles. The van der Waals surface area contributed by atoms with E-state index in [0.717, 1.165) is 6.29 Å². The molecule has 0 aliphatic heterocycles. The van der Waals surface area contributed by atoms with Crippen LogP contribution in [0.1, 0.15) is 13.3 Å². The third-order valence-electron chi connectivity index (χ3n) is 0.983. The van der Waals surface area contributed by atoms with Crippen molar-refractivity contribution >= 4 is 12.6 Å². The van der Waals surface area contributed by atoms with Crippen molar-refractivity contribution in [3.63, 3.8) is 0 Å². The van der Waals surface area contributed by atoms with Crippen molar-refractivity contribution < 1.29 is 9.59 Å². The van der Waals surface area contributed by atoms with Gasteiger partial charge in [-0.2, -0.15) is 0 Å². The van der Waals surface area contributed by atoms with Gasteiger partial charge in [0, 0.05) is 5.92 Å². The molecular formula is C7H10O2. The summed E-state index contributed by atoms with van der Waals surface area (Å²) in [6, 6.07) is 0. The van der Waals surface area contributed by atoms with Crippen molar-refractivity contribution in [2.24, 2.45) is 5.92 Å². The standard InChI is InChI=1S/C7H10O2/c1-6(4-8)3-7(2)5-9/h4-5,7H,1,3H2,2H3. The smallest absolute Gasteiger partial charge is 0.145 e. The van der Waals surface area contributed by atoms with Crippen LogP contribution in [0.2, 0.25) is 0 Å². The van der Waals surface area contributed by atoms with E-state index in [-0.39, 0.29) is 5.92 Å². The van der Waals surface area contributed by atoms with E-state index >= 15 is 0 Å².